The smallest absolute Gasteiger partial charge is 0.161 e. The number of hydrogen-bond acceptors (Lipinski definition) is 6. The minimum atomic E-state index is -0.185. The first kappa shape index (κ1) is 18.9. The van der Waals surface area contributed by atoms with Crippen LogP contribution in [0.15, 0.2) is 36.5 Å². The number of aromatic nitrogens is 1. The van der Waals surface area contributed by atoms with Crippen LogP contribution in [0.4, 0.5) is 5.82 Å². The molecule has 2 aromatic carbocycles. The molecule has 27 heavy (non-hydrogen) atoms. The highest BCUT2D eigenvalue weighted by Crippen LogP contribution is 2.40. The second-order valence-corrected chi connectivity index (χ2v) is 6.43. The van der Waals surface area contributed by atoms with Gasteiger partial charge in [-0.05, 0) is 63.4 Å². The lowest BCUT2D eigenvalue weighted by Crippen LogP contribution is -2.10. The molecule has 0 saturated heterocycles. The normalized spacial score (nSPS) is 10.9. The van der Waals surface area contributed by atoms with Crippen molar-refractivity contribution in [2.45, 2.75) is 13.2 Å². The Bertz CT molecular complexity index is 965. The molecule has 0 aliphatic carbocycles. The number of pyridine rings is 1. The van der Waals surface area contributed by atoms with Gasteiger partial charge in [0.05, 0.1) is 27.4 Å². The van der Waals surface area contributed by atoms with Crippen molar-refractivity contribution < 1.29 is 19.7 Å². The number of nitrogens with zero attached hydrogens (tertiary/aromatic N) is 2. The van der Waals surface area contributed by atoms with Gasteiger partial charge in [0.25, 0.3) is 0 Å². The Morgan fingerprint density at radius 1 is 0.963 bits per heavy atom. The maximum Gasteiger partial charge on any atom is 0.161 e. The van der Waals surface area contributed by atoms with Crippen LogP contribution in [-0.4, -0.2) is 43.5 Å². The third kappa shape index (κ3) is 3.41. The first-order valence-electron chi connectivity index (χ1n) is 8.60. The van der Waals surface area contributed by atoms with Crippen molar-refractivity contribution in [3.63, 3.8) is 0 Å². The van der Waals surface area contributed by atoms with E-state index in [1.807, 2.05) is 49.3 Å². The van der Waals surface area contributed by atoms with Crippen LogP contribution in [0.5, 0.6) is 11.5 Å². The Labute approximate surface area is 158 Å². The largest absolute Gasteiger partial charge is 0.493 e. The number of aliphatic hydroxyl groups excluding tert-OH is 2. The second-order valence-electron chi connectivity index (χ2n) is 6.43. The molecule has 0 aliphatic rings. The van der Waals surface area contributed by atoms with Gasteiger partial charge in [-0.2, -0.15) is 0 Å². The molecule has 0 spiro atoms. The average molecular weight is 368 g/mol. The van der Waals surface area contributed by atoms with Crippen LogP contribution in [0.3, 0.4) is 0 Å². The van der Waals surface area contributed by atoms with Crippen LogP contribution in [0.2, 0.25) is 0 Å². The molecule has 1 aromatic heterocycles. The highest BCUT2D eigenvalue weighted by Gasteiger charge is 2.18. The number of hydrogen-bond donors (Lipinski definition) is 2. The zero-order valence-electron chi connectivity index (χ0n) is 16.0. The van der Waals surface area contributed by atoms with Gasteiger partial charge in [0.2, 0.25) is 0 Å². The number of benzene rings is 2. The van der Waals surface area contributed by atoms with Gasteiger partial charge in [-0.15, -0.1) is 0 Å². The zero-order chi connectivity index (χ0) is 19.6. The summed E-state index contributed by atoms with van der Waals surface area (Å²) in [6, 6.07) is 9.52. The summed E-state index contributed by atoms with van der Waals surface area (Å²) in [5, 5.41) is 21.7. The maximum atomic E-state index is 10.1. The lowest BCUT2D eigenvalue weighted by molar-refractivity contribution is 0.260. The summed E-state index contributed by atoms with van der Waals surface area (Å²) in [7, 11) is 7.03. The SMILES string of the molecule is COc1cc2cc(CO)c(CO)c(-c3ccnc(N(C)C)c3)c2cc1OC. The Hall–Kier alpha value is -2.83. The van der Waals surface area contributed by atoms with Crippen LogP contribution in [0.25, 0.3) is 21.9 Å². The molecule has 6 nitrogen and oxygen atoms in total. The number of anilines is 1. The molecular weight excluding hydrogens is 344 g/mol. The van der Waals surface area contributed by atoms with Crippen molar-refractivity contribution in [1.29, 1.82) is 0 Å². The molecule has 0 bridgehead atoms. The first-order valence-corrected chi connectivity index (χ1v) is 8.60. The summed E-state index contributed by atoms with van der Waals surface area (Å²) in [6.45, 7) is -0.353. The zero-order valence-corrected chi connectivity index (χ0v) is 16.0. The number of fused-ring (bicyclic) bond motifs is 1. The minimum absolute atomic E-state index is 0.168. The number of ether oxygens (including phenoxy) is 2. The molecule has 0 aliphatic heterocycles. The van der Waals surface area contributed by atoms with E-state index in [-0.39, 0.29) is 13.2 Å². The minimum Gasteiger partial charge on any atom is -0.493 e. The van der Waals surface area contributed by atoms with E-state index in [0.29, 0.717) is 22.6 Å². The maximum absolute atomic E-state index is 10.1. The molecule has 142 valence electrons. The number of rotatable bonds is 6. The summed E-state index contributed by atoms with van der Waals surface area (Å²) in [4.78, 5) is 6.29. The van der Waals surface area contributed by atoms with E-state index >= 15 is 0 Å². The van der Waals surface area contributed by atoms with Gasteiger partial charge in [-0.1, -0.05) is 0 Å². The lowest BCUT2D eigenvalue weighted by Gasteiger charge is -2.19. The number of methoxy groups -OCH3 is 2. The molecule has 0 saturated carbocycles. The Morgan fingerprint density at radius 3 is 2.26 bits per heavy atom. The van der Waals surface area contributed by atoms with E-state index < -0.39 is 0 Å². The van der Waals surface area contributed by atoms with Gasteiger partial charge in [0, 0.05) is 20.3 Å². The Morgan fingerprint density at radius 2 is 1.67 bits per heavy atom. The number of aliphatic hydroxyl groups is 2. The lowest BCUT2D eigenvalue weighted by atomic mass is 9.90. The van der Waals surface area contributed by atoms with Crippen molar-refractivity contribution in [2.24, 2.45) is 0 Å². The van der Waals surface area contributed by atoms with Crippen molar-refractivity contribution in [3.05, 3.63) is 47.7 Å². The monoisotopic (exact) mass is 368 g/mol. The van der Waals surface area contributed by atoms with Crippen molar-refractivity contribution in [2.75, 3.05) is 33.2 Å². The fourth-order valence-corrected chi connectivity index (χ4v) is 3.30. The van der Waals surface area contributed by atoms with Crippen LogP contribution >= 0.6 is 0 Å². The quantitative estimate of drug-likeness (QED) is 0.697. The van der Waals surface area contributed by atoms with Crippen LogP contribution in [0, 0.1) is 0 Å². The van der Waals surface area contributed by atoms with E-state index in [9.17, 15) is 10.2 Å². The van der Waals surface area contributed by atoms with E-state index in [4.69, 9.17) is 9.47 Å². The van der Waals surface area contributed by atoms with E-state index in [1.54, 1.807) is 20.4 Å². The van der Waals surface area contributed by atoms with Crippen LogP contribution < -0.4 is 14.4 Å². The molecule has 2 N–H and O–H groups in total. The van der Waals surface area contributed by atoms with E-state index in [0.717, 1.165) is 27.7 Å². The van der Waals surface area contributed by atoms with Crippen LogP contribution in [-0.2, 0) is 13.2 Å². The average Bonchev–Trinajstić information content (AvgIpc) is 2.70. The van der Waals surface area contributed by atoms with Crippen LogP contribution in [0.1, 0.15) is 11.1 Å². The van der Waals surface area contributed by atoms with Crippen molar-refractivity contribution in [3.8, 4) is 22.6 Å². The van der Waals surface area contributed by atoms with Crippen molar-refractivity contribution >= 4 is 16.6 Å². The molecule has 0 amide bonds. The second kappa shape index (κ2) is 7.82. The molecule has 0 atom stereocenters. The molecule has 0 fully saturated rings. The highest BCUT2D eigenvalue weighted by atomic mass is 16.5. The van der Waals surface area contributed by atoms with Gasteiger partial charge in [-0.3, -0.25) is 0 Å². The summed E-state index contributed by atoms with van der Waals surface area (Å²) in [5.41, 5.74) is 3.12. The summed E-state index contributed by atoms with van der Waals surface area (Å²) in [5.74, 6) is 2.02. The van der Waals surface area contributed by atoms with Gasteiger partial charge in [0.1, 0.15) is 5.82 Å². The standard InChI is InChI=1S/C21H24N2O4/c1-23(2)20-9-13(5-6-22-20)21-16-10-19(27-4)18(26-3)8-14(16)7-15(11-24)17(21)12-25/h5-10,24-25H,11-12H2,1-4H3. The molecule has 0 unspecified atom stereocenters. The van der Waals surface area contributed by atoms with Gasteiger partial charge >= 0.3 is 0 Å². The first-order chi connectivity index (χ1) is 13.0. The van der Waals surface area contributed by atoms with Gasteiger partial charge < -0.3 is 24.6 Å². The third-order valence-electron chi connectivity index (χ3n) is 4.67. The van der Waals surface area contributed by atoms with E-state index in [1.165, 1.54) is 0 Å². The summed E-state index contributed by atoms with van der Waals surface area (Å²) in [6.07, 6.45) is 1.74. The fraction of sp³-hybridized carbons (Fsp3) is 0.286. The van der Waals surface area contributed by atoms with Crippen molar-refractivity contribution in [1.82, 2.24) is 4.98 Å². The fourth-order valence-electron chi connectivity index (χ4n) is 3.30. The molecule has 6 heteroatoms. The molecule has 3 aromatic rings. The third-order valence-corrected chi connectivity index (χ3v) is 4.67. The molecule has 1 heterocycles. The molecular formula is C21H24N2O4. The predicted molar refractivity (Wildman–Crippen MR) is 106 cm³/mol. The topological polar surface area (TPSA) is 75.0 Å². The van der Waals surface area contributed by atoms with E-state index in [2.05, 4.69) is 4.98 Å². The summed E-state index contributed by atoms with van der Waals surface area (Å²) < 4.78 is 10.9. The molecule has 3 rings (SSSR count). The van der Waals surface area contributed by atoms with Gasteiger partial charge in [0.15, 0.2) is 11.5 Å². The Balaban J connectivity index is 2.42. The predicted octanol–water partition coefficient (Wildman–Crippen LogP) is 2.97. The van der Waals surface area contributed by atoms with Gasteiger partial charge in [-0.25, -0.2) is 4.98 Å². The molecule has 0 radical (unpaired) electrons. The Kier molecular flexibility index (Phi) is 5.48. The highest BCUT2D eigenvalue weighted by molar-refractivity contribution is 6.01. The summed E-state index contributed by atoms with van der Waals surface area (Å²) >= 11 is 0.